The number of unbranched alkanes of at least 4 members (excludes halogenated alkanes) is 2. The van der Waals surface area contributed by atoms with E-state index in [1.54, 1.807) is 0 Å². The molecule has 1 aliphatic carbocycles. The van der Waals surface area contributed by atoms with Gasteiger partial charge in [0.05, 0.1) is 13.2 Å². The van der Waals surface area contributed by atoms with E-state index in [-0.39, 0.29) is 17.4 Å². The minimum atomic E-state index is -0.362. The van der Waals surface area contributed by atoms with Gasteiger partial charge in [-0.25, -0.2) is 9.59 Å². The van der Waals surface area contributed by atoms with E-state index in [4.69, 9.17) is 9.47 Å². The first-order chi connectivity index (χ1) is 12.5. The Kier molecular flexibility index (Phi) is 11.0. The van der Waals surface area contributed by atoms with Gasteiger partial charge in [-0.2, -0.15) is 0 Å². The second kappa shape index (κ2) is 12.7. The van der Waals surface area contributed by atoms with E-state index in [1.165, 1.54) is 63.5 Å². The Morgan fingerprint density at radius 2 is 1.58 bits per heavy atom. The number of hydrogen-bond donors (Lipinski definition) is 0. The van der Waals surface area contributed by atoms with Crippen LogP contribution in [0.25, 0.3) is 0 Å². The van der Waals surface area contributed by atoms with E-state index >= 15 is 0 Å². The van der Waals surface area contributed by atoms with Gasteiger partial charge in [0.1, 0.15) is 0 Å². The van der Waals surface area contributed by atoms with E-state index in [1.807, 2.05) is 0 Å². The molecule has 1 aliphatic rings. The average Bonchev–Trinajstić information content (AvgIpc) is 2.66. The van der Waals surface area contributed by atoms with Crippen LogP contribution < -0.4 is 0 Å². The van der Waals surface area contributed by atoms with Crippen molar-refractivity contribution in [2.24, 2.45) is 11.3 Å². The molecule has 0 radical (unpaired) electrons. The maximum Gasteiger partial charge on any atom is 0.330 e. The summed E-state index contributed by atoms with van der Waals surface area (Å²) in [5.74, 6) is 0.121. The van der Waals surface area contributed by atoms with Crippen molar-refractivity contribution in [3.05, 3.63) is 25.3 Å². The highest BCUT2D eigenvalue weighted by Crippen LogP contribution is 2.46. The predicted molar refractivity (Wildman–Crippen MR) is 105 cm³/mol. The van der Waals surface area contributed by atoms with Crippen molar-refractivity contribution < 1.29 is 19.1 Å². The molecular weight excluding hydrogens is 328 g/mol. The van der Waals surface area contributed by atoms with Gasteiger partial charge < -0.3 is 9.47 Å². The predicted octanol–water partition coefficient (Wildman–Crippen LogP) is 5.37. The van der Waals surface area contributed by atoms with Gasteiger partial charge in [0.15, 0.2) is 0 Å². The fourth-order valence-electron chi connectivity index (χ4n) is 3.99. The highest BCUT2D eigenvalue weighted by Gasteiger charge is 2.34. The summed E-state index contributed by atoms with van der Waals surface area (Å²) in [5, 5.41) is 0. The van der Waals surface area contributed by atoms with Crippen molar-refractivity contribution in [1.82, 2.24) is 0 Å². The third kappa shape index (κ3) is 8.68. The van der Waals surface area contributed by atoms with Gasteiger partial charge in [-0.1, -0.05) is 45.8 Å². The fraction of sp³-hybridized carbons (Fsp3) is 0.727. The maximum absolute atomic E-state index is 11.3. The number of carbonyl (C=O) groups excluding carboxylic acids is 2. The molecule has 0 saturated heterocycles. The third-order valence-electron chi connectivity index (χ3n) is 5.69. The van der Waals surface area contributed by atoms with Crippen LogP contribution in [-0.2, 0) is 19.1 Å². The molecule has 0 atom stereocenters. The van der Waals surface area contributed by atoms with E-state index < -0.39 is 0 Å². The zero-order valence-corrected chi connectivity index (χ0v) is 16.5. The minimum absolute atomic E-state index is 0.198. The molecular formula is C22H36O4. The van der Waals surface area contributed by atoms with Gasteiger partial charge in [-0.05, 0) is 56.3 Å². The Balaban J connectivity index is 2.48. The normalized spacial score (nSPS) is 22.4. The molecule has 4 nitrogen and oxygen atoms in total. The molecule has 0 aromatic carbocycles. The van der Waals surface area contributed by atoms with Gasteiger partial charge in [0, 0.05) is 12.2 Å². The average molecular weight is 365 g/mol. The molecule has 0 unspecified atom stereocenters. The van der Waals surface area contributed by atoms with Crippen LogP contribution in [0.5, 0.6) is 0 Å². The molecule has 0 aromatic heterocycles. The highest BCUT2D eigenvalue weighted by atomic mass is 16.5. The smallest absolute Gasteiger partial charge is 0.330 e. The first-order valence-electron chi connectivity index (χ1n) is 10.1. The van der Waals surface area contributed by atoms with Crippen molar-refractivity contribution in [2.45, 2.75) is 77.6 Å². The molecule has 0 heterocycles. The molecule has 0 bridgehead atoms. The monoisotopic (exact) mass is 364 g/mol. The molecule has 0 amide bonds. The summed E-state index contributed by atoms with van der Waals surface area (Å²) in [5.41, 5.74) is 0.198. The standard InChI is InChI=1S/C22H36O4/c1-4-7-8-10-19-11-14-22(15-12-19,16-18-26-21(24)6-3)13-9-17-25-20(23)5-2/h5-6,19H,2-4,7-18H2,1H3. The van der Waals surface area contributed by atoms with E-state index in [2.05, 4.69) is 20.1 Å². The molecule has 148 valence electrons. The fourth-order valence-corrected chi connectivity index (χ4v) is 3.99. The zero-order chi connectivity index (χ0) is 19.3. The minimum Gasteiger partial charge on any atom is -0.463 e. The van der Waals surface area contributed by atoms with Crippen LogP contribution in [0.4, 0.5) is 0 Å². The second-order valence-electron chi connectivity index (χ2n) is 7.54. The Bertz CT molecular complexity index is 447. The summed E-state index contributed by atoms with van der Waals surface area (Å²) < 4.78 is 10.3. The quantitative estimate of drug-likeness (QED) is 0.250. The number of rotatable bonds is 13. The van der Waals surface area contributed by atoms with Gasteiger partial charge >= 0.3 is 11.9 Å². The lowest BCUT2D eigenvalue weighted by molar-refractivity contribution is -0.140. The summed E-state index contributed by atoms with van der Waals surface area (Å²) in [6, 6.07) is 0. The second-order valence-corrected chi connectivity index (χ2v) is 7.54. The van der Waals surface area contributed by atoms with Crippen LogP contribution in [0.1, 0.15) is 77.6 Å². The largest absolute Gasteiger partial charge is 0.463 e. The van der Waals surface area contributed by atoms with Gasteiger partial charge in [-0.3, -0.25) is 0 Å². The van der Waals surface area contributed by atoms with Crippen LogP contribution >= 0.6 is 0 Å². The van der Waals surface area contributed by atoms with Crippen LogP contribution in [0.2, 0.25) is 0 Å². The van der Waals surface area contributed by atoms with Crippen molar-refractivity contribution in [1.29, 1.82) is 0 Å². The molecule has 0 spiro atoms. The molecule has 0 N–H and O–H groups in total. The Hall–Kier alpha value is -1.58. The topological polar surface area (TPSA) is 52.6 Å². The summed E-state index contributed by atoms with van der Waals surface area (Å²) in [7, 11) is 0. The Morgan fingerprint density at radius 3 is 2.15 bits per heavy atom. The highest BCUT2D eigenvalue weighted by molar-refractivity contribution is 5.81. The summed E-state index contributed by atoms with van der Waals surface area (Å²) in [6.07, 6.45) is 15.3. The zero-order valence-electron chi connectivity index (χ0n) is 16.5. The molecule has 1 fully saturated rings. The molecule has 1 rings (SSSR count). The molecule has 4 heteroatoms. The van der Waals surface area contributed by atoms with Gasteiger partial charge in [0.25, 0.3) is 0 Å². The van der Waals surface area contributed by atoms with Crippen molar-refractivity contribution in [2.75, 3.05) is 13.2 Å². The first kappa shape index (κ1) is 22.5. The molecule has 0 aromatic rings. The SMILES string of the molecule is C=CC(=O)OCCCC1(CCOC(=O)C=C)CCC(CCCCC)CC1. The molecule has 26 heavy (non-hydrogen) atoms. The van der Waals surface area contributed by atoms with Gasteiger partial charge in [0.2, 0.25) is 0 Å². The number of esters is 2. The van der Waals surface area contributed by atoms with E-state index in [0.29, 0.717) is 13.2 Å². The van der Waals surface area contributed by atoms with Crippen LogP contribution in [0, 0.1) is 11.3 Å². The lowest BCUT2D eigenvalue weighted by Gasteiger charge is -2.40. The number of carbonyl (C=O) groups is 2. The van der Waals surface area contributed by atoms with E-state index in [0.717, 1.165) is 25.2 Å². The van der Waals surface area contributed by atoms with Crippen LogP contribution in [-0.4, -0.2) is 25.2 Å². The molecule has 1 saturated carbocycles. The lowest BCUT2D eigenvalue weighted by atomic mass is 9.65. The Labute approximate surface area is 159 Å². The van der Waals surface area contributed by atoms with Crippen LogP contribution in [0.15, 0.2) is 25.3 Å². The summed E-state index contributed by atoms with van der Waals surface area (Å²) in [4.78, 5) is 22.5. The van der Waals surface area contributed by atoms with Crippen molar-refractivity contribution in [3.8, 4) is 0 Å². The van der Waals surface area contributed by atoms with Crippen LogP contribution in [0.3, 0.4) is 0 Å². The number of ether oxygens (including phenoxy) is 2. The summed E-state index contributed by atoms with van der Waals surface area (Å²) in [6.45, 7) is 9.98. The third-order valence-corrected chi connectivity index (χ3v) is 5.69. The Morgan fingerprint density at radius 1 is 0.962 bits per heavy atom. The molecule has 0 aliphatic heterocycles. The lowest BCUT2D eigenvalue weighted by Crippen LogP contribution is -2.30. The number of hydrogen-bond acceptors (Lipinski definition) is 4. The van der Waals surface area contributed by atoms with Gasteiger partial charge in [-0.15, -0.1) is 0 Å². The van der Waals surface area contributed by atoms with Crippen molar-refractivity contribution in [3.63, 3.8) is 0 Å². The van der Waals surface area contributed by atoms with E-state index in [9.17, 15) is 9.59 Å². The van der Waals surface area contributed by atoms with Crippen molar-refractivity contribution >= 4 is 11.9 Å². The summed E-state index contributed by atoms with van der Waals surface area (Å²) >= 11 is 0. The first-order valence-corrected chi connectivity index (χ1v) is 10.1. The maximum atomic E-state index is 11.3.